The van der Waals surface area contributed by atoms with Crippen molar-refractivity contribution < 1.29 is 4.79 Å². The number of aromatic nitrogens is 2. The number of rotatable bonds is 9. The molecule has 2 aliphatic rings. The summed E-state index contributed by atoms with van der Waals surface area (Å²) in [5.41, 5.74) is 0.901. The summed E-state index contributed by atoms with van der Waals surface area (Å²) < 4.78 is 0. The quantitative estimate of drug-likeness (QED) is 0.631. The Kier molecular flexibility index (Phi) is 7.73. The van der Waals surface area contributed by atoms with Gasteiger partial charge in [-0.3, -0.25) is 4.79 Å². The van der Waals surface area contributed by atoms with Crippen LogP contribution in [0.4, 0.5) is 17.3 Å². The largest absolute Gasteiger partial charge is 0.356 e. The Morgan fingerprint density at radius 1 is 1.21 bits per heavy atom. The zero-order valence-corrected chi connectivity index (χ0v) is 18.8. The van der Waals surface area contributed by atoms with Crippen LogP contribution in [0.1, 0.15) is 85.5 Å². The Hall–Kier alpha value is -1.85. The van der Waals surface area contributed by atoms with Gasteiger partial charge in [0.25, 0.3) is 0 Å². The van der Waals surface area contributed by atoms with Crippen LogP contribution in [0.15, 0.2) is 6.33 Å². The molecule has 1 amide bonds. The molecule has 2 heterocycles. The van der Waals surface area contributed by atoms with E-state index in [1.807, 2.05) is 4.90 Å². The number of hydrogen-bond donors (Lipinski definition) is 1. The van der Waals surface area contributed by atoms with Crippen molar-refractivity contribution in [2.24, 2.45) is 5.92 Å². The smallest absolute Gasteiger partial charge is 0.249 e. The van der Waals surface area contributed by atoms with Gasteiger partial charge in [0.05, 0.1) is 0 Å². The predicted molar refractivity (Wildman–Crippen MR) is 121 cm³/mol. The van der Waals surface area contributed by atoms with Crippen molar-refractivity contribution in [3.05, 3.63) is 6.33 Å². The normalized spacial score (nSPS) is 20.0. The SMILES string of the molecule is CCCC[C@@H]1Nc2ncnc(N(CC)C3CCCCC3)c2N(CCC(C)C)C1=O. The maximum Gasteiger partial charge on any atom is 0.249 e. The monoisotopic (exact) mass is 401 g/mol. The van der Waals surface area contributed by atoms with Crippen LogP contribution in [0.5, 0.6) is 0 Å². The van der Waals surface area contributed by atoms with Crippen LogP contribution in [0, 0.1) is 5.92 Å². The second-order valence-corrected chi connectivity index (χ2v) is 8.98. The van der Waals surface area contributed by atoms with Gasteiger partial charge in [-0.1, -0.05) is 52.9 Å². The average molecular weight is 402 g/mol. The molecule has 0 unspecified atom stereocenters. The Bertz CT molecular complexity index is 671. The van der Waals surface area contributed by atoms with Gasteiger partial charge in [-0.25, -0.2) is 9.97 Å². The lowest BCUT2D eigenvalue weighted by Gasteiger charge is -2.40. The van der Waals surface area contributed by atoms with Crippen molar-refractivity contribution in [2.45, 2.75) is 97.6 Å². The molecular weight excluding hydrogens is 362 g/mol. The number of nitrogens with one attached hydrogen (secondary N) is 1. The van der Waals surface area contributed by atoms with E-state index in [0.717, 1.165) is 56.1 Å². The third-order valence-corrected chi connectivity index (χ3v) is 6.35. The molecule has 6 nitrogen and oxygen atoms in total. The number of carbonyl (C=O) groups excluding carboxylic acids is 1. The molecule has 3 rings (SSSR count). The van der Waals surface area contributed by atoms with Gasteiger partial charge in [0.2, 0.25) is 5.91 Å². The molecule has 0 bridgehead atoms. The number of amides is 1. The first-order valence-corrected chi connectivity index (χ1v) is 11.8. The highest BCUT2D eigenvalue weighted by Gasteiger charge is 2.37. The molecule has 1 N–H and O–H groups in total. The van der Waals surface area contributed by atoms with Crippen molar-refractivity contribution in [1.82, 2.24) is 9.97 Å². The summed E-state index contributed by atoms with van der Waals surface area (Å²) in [6.07, 6.45) is 11.9. The summed E-state index contributed by atoms with van der Waals surface area (Å²) >= 11 is 0. The van der Waals surface area contributed by atoms with E-state index in [1.54, 1.807) is 6.33 Å². The van der Waals surface area contributed by atoms with Crippen molar-refractivity contribution in [2.75, 3.05) is 28.2 Å². The van der Waals surface area contributed by atoms with Crippen LogP contribution in [-0.4, -0.2) is 41.0 Å². The zero-order valence-electron chi connectivity index (χ0n) is 18.8. The molecule has 1 saturated carbocycles. The third-order valence-electron chi connectivity index (χ3n) is 6.35. The highest BCUT2D eigenvalue weighted by molar-refractivity contribution is 6.07. The van der Waals surface area contributed by atoms with E-state index >= 15 is 0 Å². The summed E-state index contributed by atoms with van der Waals surface area (Å²) in [6.45, 7) is 10.4. The molecule has 1 aromatic heterocycles. The number of hydrogen-bond acceptors (Lipinski definition) is 5. The lowest BCUT2D eigenvalue weighted by Crippen LogP contribution is -2.49. The fourth-order valence-corrected chi connectivity index (χ4v) is 4.65. The van der Waals surface area contributed by atoms with Crippen LogP contribution in [0.3, 0.4) is 0 Å². The second-order valence-electron chi connectivity index (χ2n) is 8.98. The van der Waals surface area contributed by atoms with E-state index in [0.29, 0.717) is 12.0 Å². The number of anilines is 3. The van der Waals surface area contributed by atoms with Crippen LogP contribution in [0.25, 0.3) is 0 Å². The van der Waals surface area contributed by atoms with E-state index in [2.05, 4.69) is 42.9 Å². The Morgan fingerprint density at radius 3 is 2.62 bits per heavy atom. The number of carbonyl (C=O) groups is 1. The van der Waals surface area contributed by atoms with E-state index < -0.39 is 0 Å². The first-order chi connectivity index (χ1) is 14.1. The second kappa shape index (κ2) is 10.3. The van der Waals surface area contributed by atoms with Gasteiger partial charge in [0.15, 0.2) is 11.6 Å². The molecule has 0 spiro atoms. The zero-order chi connectivity index (χ0) is 20.8. The molecule has 29 heavy (non-hydrogen) atoms. The van der Waals surface area contributed by atoms with Crippen molar-refractivity contribution >= 4 is 23.2 Å². The third kappa shape index (κ3) is 5.01. The summed E-state index contributed by atoms with van der Waals surface area (Å²) in [5, 5.41) is 3.45. The molecule has 6 heteroatoms. The summed E-state index contributed by atoms with van der Waals surface area (Å²) in [7, 11) is 0. The minimum atomic E-state index is -0.179. The van der Waals surface area contributed by atoms with Gasteiger partial charge in [-0.05, 0) is 38.5 Å². The van der Waals surface area contributed by atoms with Gasteiger partial charge in [-0.2, -0.15) is 0 Å². The van der Waals surface area contributed by atoms with Crippen LogP contribution >= 0.6 is 0 Å². The number of unbranched alkanes of at least 4 members (excludes halogenated alkanes) is 1. The van der Waals surface area contributed by atoms with Crippen LogP contribution in [0.2, 0.25) is 0 Å². The number of fused-ring (bicyclic) bond motifs is 1. The number of nitrogens with zero attached hydrogens (tertiary/aromatic N) is 4. The minimum Gasteiger partial charge on any atom is -0.356 e. The van der Waals surface area contributed by atoms with Gasteiger partial charge >= 0.3 is 0 Å². The molecule has 1 aromatic rings. The van der Waals surface area contributed by atoms with Crippen molar-refractivity contribution in [3.8, 4) is 0 Å². The molecular formula is C23H39N5O. The first kappa shape index (κ1) is 21.8. The van der Waals surface area contributed by atoms with Crippen LogP contribution < -0.4 is 15.1 Å². The standard InChI is InChI=1S/C23H39N5O/c1-5-7-13-19-23(29)28(15-14-17(3)4)20-21(26-19)24-16-25-22(20)27(6-2)18-11-9-8-10-12-18/h16-19H,5-15H2,1-4H3,(H,24,25,26)/t19-/m0/s1. The fourth-order valence-electron chi connectivity index (χ4n) is 4.65. The van der Waals surface area contributed by atoms with Crippen molar-refractivity contribution in [1.29, 1.82) is 0 Å². The molecule has 1 fully saturated rings. The molecule has 0 aromatic carbocycles. The topological polar surface area (TPSA) is 61.4 Å². The average Bonchev–Trinajstić information content (AvgIpc) is 2.73. The molecule has 162 valence electrons. The highest BCUT2D eigenvalue weighted by Crippen LogP contribution is 2.40. The lowest BCUT2D eigenvalue weighted by molar-refractivity contribution is -0.119. The van der Waals surface area contributed by atoms with Crippen molar-refractivity contribution in [3.63, 3.8) is 0 Å². The Morgan fingerprint density at radius 2 is 1.97 bits per heavy atom. The lowest BCUT2D eigenvalue weighted by atomic mass is 9.94. The maximum atomic E-state index is 13.4. The molecule has 0 saturated heterocycles. The maximum absolute atomic E-state index is 13.4. The highest BCUT2D eigenvalue weighted by atomic mass is 16.2. The fraction of sp³-hybridized carbons (Fsp3) is 0.783. The van der Waals surface area contributed by atoms with Gasteiger partial charge in [0.1, 0.15) is 18.1 Å². The summed E-state index contributed by atoms with van der Waals surface area (Å²) in [6, 6.07) is 0.328. The van der Waals surface area contributed by atoms with Gasteiger partial charge < -0.3 is 15.1 Å². The van der Waals surface area contributed by atoms with Gasteiger partial charge in [-0.15, -0.1) is 0 Å². The first-order valence-electron chi connectivity index (χ1n) is 11.8. The summed E-state index contributed by atoms with van der Waals surface area (Å²) in [5.74, 6) is 2.49. The van der Waals surface area contributed by atoms with E-state index in [1.165, 1.54) is 32.1 Å². The molecule has 0 radical (unpaired) electrons. The Labute approximate surface area is 176 Å². The molecule has 1 atom stereocenters. The summed E-state index contributed by atoms with van der Waals surface area (Å²) in [4.78, 5) is 27.1. The van der Waals surface area contributed by atoms with Crippen LogP contribution in [-0.2, 0) is 4.79 Å². The molecule has 1 aliphatic heterocycles. The van der Waals surface area contributed by atoms with Gasteiger partial charge in [0, 0.05) is 19.1 Å². The van der Waals surface area contributed by atoms with E-state index in [-0.39, 0.29) is 11.9 Å². The minimum absolute atomic E-state index is 0.179. The predicted octanol–water partition coefficient (Wildman–Crippen LogP) is 5.00. The molecule has 1 aliphatic carbocycles. The van der Waals surface area contributed by atoms with E-state index in [4.69, 9.17) is 4.98 Å². The Balaban J connectivity index is 1.97. The van der Waals surface area contributed by atoms with E-state index in [9.17, 15) is 4.79 Å².